The van der Waals surface area contributed by atoms with Gasteiger partial charge < -0.3 is 0 Å². The van der Waals surface area contributed by atoms with Crippen LogP contribution in [0.25, 0.3) is 31.2 Å². The molecular formula is C25H28N2O6S5. The van der Waals surface area contributed by atoms with E-state index in [0.717, 1.165) is 27.0 Å². The fourth-order valence-electron chi connectivity index (χ4n) is 5.51. The summed E-state index contributed by atoms with van der Waals surface area (Å²) in [6.45, 7) is 4.09. The Morgan fingerprint density at radius 1 is 0.789 bits per heavy atom. The van der Waals surface area contributed by atoms with Gasteiger partial charge >= 0.3 is 0 Å². The van der Waals surface area contributed by atoms with Gasteiger partial charge in [0.05, 0.1) is 23.2 Å². The number of benzene rings is 1. The number of aromatic nitrogens is 2. The zero-order valence-corrected chi connectivity index (χ0v) is 25.0. The van der Waals surface area contributed by atoms with Gasteiger partial charge in [-0.2, -0.15) is 25.6 Å². The zero-order chi connectivity index (χ0) is 27.3. The standard InChI is InChI=1S/C25H28N2O6S5/c1-15-7-8-17(22-21(15)26-36-27-22)20-14-19-24(35-20)23-18(13-16(2)34-23)25(19,9-3-5-11-37(28,29)30)10-4-6-12-38(31,32)33/h7-8,13-14H,3-6,9-12H2,1-2H3,(H,28,29,30)(H,31,32,33). The minimum atomic E-state index is -4.05. The molecule has 0 amide bonds. The highest BCUT2D eigenvalue weighted by atomic mass is 32.2. The number of nitrogens with zero attached hydrogens (tertiary/aromatic N) is 2. The number of thiophene rings is 2. The first-order valence-corrected chi connectivity index (χ1v) is 17.8. The largest absolute Gasteiger partial charge is 0.286 e. The minimum absolute atomic E-state index is 0.290. The highest BCUT2D eigenvalue weighted by Crippen LogP contribution is 2.60. The van der Waals surface area contributed by atoms with Crippen molar-refractivity contribution in [2.24, 2.45) is 0 Å². The Labute approximate surface area is 234 Å². The molecule has 3 aromatic heterocycles. The molecule has 0 fully saturated rings. The van der Waals surface area contributed by atoms with Crippen LogP contribution in [0.15, 0.2) is 24.3 Å². The van der Waals surface area contributed by atoms with Crippen molar-refractivity contribution < 1.29 is 25.9 Å². The van der Waals surface area contributed by atoms with Gasteiger partial charge in [0.25, 0.3) is 20.2 Å². The van der Waals surface area contributed by atoms with Crippen LogP contribution in [0.2, 0.25) is 0 Å². The molecule has 0 saturated heterocycles. The second-order valence-electron chi connectivity index (χ2n) is 9.91. The SMILES string of the molecule is Cc1cc2c(s1)-c1sc(-c3ccc(C)c4nsnc34)cc1C2(CCCCS(=O)(=O)O)CCCCS(=O)(=O)O. The van der Waals surface area contributed by atoms with E-state index in [1.807, 2.05) is 6.92 Å². The molecule has 0 spiro atoms. The van der Waals surface area contributed by atoms with Crippen LogP contribution in [0.4, 0.5) is 0 Å². The molecule has 1 aliphatic rings. The summed E-state index contributed by atoms with van der Waals surface area (Å²) in [5.41, 5.74) is 5.85. The smallest absolute Gasteiger partial charge is 0.264 e. The van der Waals surface area contributed by atoms with Gasteiger partial charge in [0, 0.05) is 30.5 Å². The lowest BCUT2D eigenvalue weighted by atomic mass is 9.71. The van der Waals surface area contributed by atoms with E-state index in [2.05, 4.69) is 39.9 Å². The van der Waals surface area contributed by atoms with Crippen LogP contribution in [0.1, 0.15) is 60.1 Å². The van der Waals surface area contributed by atoms with Crippen LogP contribution in [0, 0.1) is 13.8 Å². The highest BCUT2D eigenvalue weighted by Gasteiger charge is 2.45. The van der Waals surface area contributed by atoms with Gasteiger partial charge in [0.15, 0.2) is 0 Å². The van der Waals surface area contributed by atoms with Crippen LogP contribution in [-0.4, -0.2) is 46.2 Å². The Kier molecular flexibility index (Phi) is 7.57. The molecule has 0 aliphatic heterocycles. The Morgan fingerprint density at radius 3 is 2.00 bits per heavy atom. The molecule has 0 radical (unpaired) electrons. The molecule has 8 nitrogen and oxygen atoms in total. The van der Waals surface area contributed by atoms with E-state index in [1.165, 1.54) is 37.5 Å². The third kappa shape index (κ3) is 5.47. The maximum Gasteiger partial charge on any atom is 0.264 e. The van der Waals surface area contributed by atoms with Crippen LogP contribution in [-0.2, 0) is 25.7 Å². The number of aryl methyl sites for hydroxylation is 2. The van der Waals surface area contributed by atoms with Crippen molar-refractivity contribution in [3.63, 3.8) is 0 Å². The molecule has 5 rings (SSSR count). The molecule has 3 heterocycles. The van der Waals surface area contributed by atoms with Crippen molar-refractivity contribution in [1.82, 2.24) is 8.75 Å². The van der Waals surface area contributed by atoms with E-state index < -0.39 is 25.7 Å². The summed E-state index contributed by atoms with van der Waals surface area (Å²) < 4.78 is 72.9. The van der Waals surface area contributed by atoms with Crippen molar-refractivity contribution in [1.29, 1.82) is 0 Å². The van der Waals surface area contributed by atoms with Crippen LogP contribution < -0.4 is 0 Å². The van der Waals surface area contributed by atoms with Gasteiger partial charge in [-0.25, -0.2) is 0 Å². The monoisotopic (exact) mass is 612 g/mol. The number of unbranched alkanes of at least 4 members (excludes halogenated alkanes) is 2. The molecule has 13 heteroatoms. The van der Waals surface area contributed by atoms with E-state index in [4.69, 9.17) is 0 Å². The van der Waals surface area contributed by atoms with Gasteiger partial charge in [0.1, 0.15) is 11.0 Å². The van der Waals surface area contributed by atoms with Gasteiger partial charge in [-0.1, -0.05) is 25.0 Å². The first kappa shape index (κ1) is 27.8. The molecule has 0 bridgehead atoms. The average Bonchev–Trinajstić information content (AvgIpc) is 3.58. The number of hydrogen-bond acceptors (Lipinski definition) is 9. The quantitative estimate of drug-likeness (QED) is 0.145. The third-order valence-corrected chi connectivity index (χ3v) is 11.7. The fourth-order valence-corrected chi connectivity index (χ4v) is 9.82. The molecule has 1 aliphatic carbocycles. The average molecular weight is 613 g/mol. The first-order valence-electron chi connectivity index (χ1n) is 12.3. The summed E-state index contributed by atoms with van der Waals surface area (Å²) >= 11 is 4.65. The normalized spacial score (nSPS) is 14.7. The summed E-state index contributed by atoms with van der Waals surface area (Å²) in [6, 6.07) is 8.56. The Balaban J connectivity index is 1.57. The fraction of sp³-hybridized carbons (Fsp3) is 0.440. The van der Waals surface area contributed by atoms with E-state index in [0.29, 0.717) is 38.5 Å². The molecule has 1 aromatic carbocycles. The molecule has 0 saturated carbocycles. The molecule has 0 atom stereocenters. The van der Waals surface area contributed by atoms with E-state index >= 15 is 0 Å². The van der Waals surface area contributed by atoms with Crippen molar-refractivity contribution in [2.45, 2.75) is 57.8 Å². The van der Waals surface area contributed by atoms with Gasteiger partial charge in [-0.05, 0) is 68.4 Å². The van der Waals surface area contributed by atoms with E-state index in [1.54, 1.807) is 22.7 Å². The van der Waals surface area contributed by atoms with Crippen molar-refractivity contribution in [2.75, 3.05) is 11.5 Å². The highest BCUT2D eigenvalue weighted by molar-refractivity contribution is 7.86. The van der Waals surface area contributed by atoms with Crippen molar-refractivity contribution in [3.05, 3.63) is 45.8 Å². The molecular weight excluding hydrogens is 585 g/mol. The van der Waals surface area contributed by atoms with Gasteiger partial charge in [0.2, 0.25) is 0 Å². The molecule has 38 heavy (non-hydrogen) atoms. The molecule has 2 N–H and O–H groups in total. The summed E-state index contributed by atoms with van der Waals surface area (Å²) in [6.07, 6.45) is 3.17. The lowest BCUT2D eigenvalue weighted by molar-refractivity contribution is 0.410. The maximum absolute atomic E-state index is 11.3. The van der Waals surface area contributed by atoms with Crippen LogP contribution >= 0.6 is 34.4 Å². The number of hydrogen-bond donors (Lipinski definition) is 2. The molecule has 0 unspecified atom stereocenters. The Hall–Kier alpha value is -1.74. The van der Waals surface area contributed by atoms with Crippen LogP contribution in [0.3, 0.4) is 0 Å². The number of rotatable bonds is 11. The lowest BCUT2D eigenvalue weighted by Crippen LogP contribution is -2.25. The van der Waals surface area contributed by atoms with Gasteiger partial charge in [-0.3, -0.25) is 9.11 Å². The predicted octanol–water partition coefficient (Wildman–Crippen LogP) is 6.48. The van der Waals surface area contributed by atoms with Crippen molar-refractivity contribution >= 4 is 65.7 Å². The minimum Gasteiger partial charge on any atom is -0.286 e. The van der Waals surface area contributed by atoms with Crippen LogP contribution in [0.5, 0.6) is 0 Å². The van der Waals surface area contributed by atoms with Gasteiger partial charge in [-0.15, -0.1) is 22.7 Å². The first-order chi connectivity index (χ1) is 17.9. The van der Waals surface area contributed by atoms with E-state index in [9.17, 15) is 25.9 Å². The summed E-state index contributed by atoms with van der Waals surface area (Å²) in [7, 11) is -8.09. The maximum atomic E-state index is 11.3. The Bertz CT molecular complexity index is 1680. The second kappa shape index (κ2) is 10.3. The molecule has 204 valence electrons. The predicted molar refractivity (Wildman–Crippen MR) is 155 cm³/mol. The summed E-state index contributed by atoms with van der Waals surface area (Å²) in [5.74, 6) is -0.581. The second-order valence-corrected chi connectivity index (χ2v) is 15.9. The summed E-state index contributed by atoms with van der Waals surface area (Å²) in [4.78, 5) is 4.66. The van der Waals surface area contributed by atoms with Crippen molar-refractivity contribution in [3.8, 4) is 20.2 Å². The van der Waals surface area contributed by atoms with E-state index in [-0.39, 0.29) is 11.5 Å². The zero-order valence-electron chi connectivity index (χ0n) is 20.9. The number of fused-ring (bicyclic) bond motifs is 4. The third-order valence-electron chi connectivity index (χ3n) is 7.22. The topological polar surface area (TPSA) is 135 Å². The molecule has 4 aromatic rings. The summed E-state index contributed by atoms with van der Waals surface area (Å²) in [5, 5.41) is 0. The lowest BCUT2D eigenvalue weighted by Gasteiger charge is -2.31. The Morgan fingerprint density at radius 2 is 1.37 bits per heavy atom.